The molecule has 3 fully saturated rings. The molecular formula is C25H44O2. The van der Waals surface area contributed by atoms with Gasteiger partial charge in [0.15, 0.2) is 0 Å². The van der Waals surface area contributed by atoms with Crippen LogP contribution in [0.5, 0.6) is 0 Å². The molecule has 3 unspecified atom stereocenters. The van der Waals surface area contributed by atoms with Crippen molar-refractivity contribution in [1.29, 1.82) is 0 Å². The lowest BCUT2D eigenvalue weighted by Gasteiger charge is -2.41. The van der Waals surface area contributed by atoms with Crippen LogP contribution < -0.4 is 0 Å². The second kappa shape index (κ2) is 10.3. The first-order chi connectivity index (χ1) is 13.1. The van der Waals surface area contributed by atoms with Gasteiger partial charge in [0.25, 0.3) is 0 Å². The zero-order valence-corrected chi connectivity index (χ0v) is 18.3. The van der Waals surface area contributed by atoms with Crippen LogP contribution in [0, 0.1) is 35.5 Å². The summed E-state index contributed by atoms with van der Waals surface area (Å²) in [6.07, 6.45) is 17.9. The summed E-state index contributed by atoms with van der Waals surface area (Å²) in [5, 5.41) is 0. The van der Waals surface area contributed by atoms with E-state index in [9.17, 15) is 4.79 Å². The topological polar surface area (TPSA) is 26.3 Å². The molecule has 2 heteroatoms. The SMILES string of the molecule is CCC[C@H]1CC[C@H](OC(=O)[C@H]2CC[C@H](C3CCC(CC)CC3C)CC2)CC1. The maximum Gasteiger partial charge on any atom is 0.309 e. The largest absolute Gasteiger partial charge is 0.462 e. The molecule has 0 radical (unpaired) electrons. The normalized spacial score (nSPS) is 40.5. The molecule has 0 bridgehead atoms. The molecule has 156 valence electrons. The van der Waals surface area contributed by atoms with E-state index in [0.717, 1.165) is 55.3 Å². The van der Waals surface area contributed by atoms with Crippen molar-refractivity contribution in [2.45, 2.75) is 117 Å². The number of carbonyl (C=O) groups excluding carboxylic acids is 1. The minimum Gasteiger partial charge on any atom is -0.462 e. The quantitative estimate of drug-likeness (QED) is 0.460. The predicted octanol–water partition coefficient (Wildman–Crippen LogP) is 7.16. The highest BCUT2D eigenvalue weighted by molar-refractivity contribution is 5.72. The summed E-state index contributed by atoms with van der Waals surface area (Å²) >= 11 is 0. The fourth-order valence-corrected chi connectivity index (χ4v) is 6.59. The molecular weight excluding hydrogens is 332 g/mol. The Balaban J connectivity index is 1.38. The Morgan fingerprint density at radius 3 is 2.11 bits per heavy atom. The molecule has 3 saturated carbocycles. The second-order valence-corrected chi connectivity index (χ2v) is 10.2. The van der Waals surface area contributed by atoms with Gasteiger partial charge in [-0.1, -0.05) is 46.5 Å². The Bertz CT molecular complexity index is 443. The van der Waals surface area contributed by atoms with Crippen molar-refractivity contribution in [2.75, 3.05) is 0 Å². The summed E-state index contributed by atoms with van der Waals surface area (Å²) in [6, 6.07) is 0. The van der Waals surface area contributed by atoms with Gasteiger partial charge in [0, 0.05) is 0 Å². The molecule has 0 aromatic heterocycles. The maximum atomic E-state index is 12.7. The monoisotopic (exact) mass is 376 g/mol. The first-order valence-electron chi connectivity index (χ1n) is 12.3. The Labute approximate surface area is 168 Å². The Kier molecular flexibility index (Phi) is 8.09. The number of rotatable bonds is 6. The molecule has 3 atom stereocenters. The van der Waals surface area contributed by atoms with E-state index in [1.165, 1.54) is 64.2 Å². The predicted molar refractivity (Wildman–Crippen MR) is 112 cm³/mol. The molecule has 0 amide bonds. The van der Waals surface area contributed by atoms with Gasteiger partial charge in [-0.2, -0.15) is 0 Å². The van der Waals surface area contributed by atoms with E-state index in [2.05, 4.69) is 20.8 Å². The van der Waals surface area contributed by atoms with E-state index in [0.29, 0.717) is 0 Å². The van der Waals surface area contributed by atoms with Gasteiger partial charge < -0.3 is 4.74 Å². The van der Waals surface area contributed by atoms with Gasteiger partial charge in [-0.25, -0.2) is 0 Å². The van der Waals surface area contributed by atoms with Crippen LogP contribution in [0.15, 0.2) is 0 Å². The fraction of sp³-hybridized carbons (Fsp3) is 0.960. The lowest BCUT2D eigenvalue weighted by Crippen LogP contribution is -2.34. The van der Waals surface area contributed by atoms with Gasteiger partial charge in [-0.05, 0) is 93.8 Å². The Hall–Kier alpha value is -0.530. The van der Waals surface area contributed by atoms with Crippen molar-refractivity contribution in [3.05, 3.63) is 0 Å². The number of esters is 1. The van der Waals surface area contributed by atoms with Crippen LogP contribution >= 0.6 is 0 Å². The second-order valence-electron chi connectivity index (χ2n) is 10.2. The number of ether oxygens (including phenoxy) is 1. The molecule has 3 aliphatic rings. The third-order valence-electron chi connectivity index (χ3n) is 8.41. The maximum absolute atomic E-state index is 12.7. The molecule has 0 N–H and O–H groups in total. The molecule has 2 nitrogen and oxygen atoms in total. The van der Waals surface area contributed by atoms with Crippen LogP contribution in [0.2, 0.25) is 0 Å². The lowest BCUT2D eigenvalue weighted by molar-refractivity contribution is -0.157. The molecule has 0 saturated heterocycles. The van der Waals surface area contributed by atoms with Crippen LogP contribution in [-0.2, 0) is 9.53 Å². The average molecular weight is 377 g/mol. The summed E-state index contributed by atoms with van der Waals surface area (Å²) in [5.41, 5.74) is 0. The van der Waals surface area contributed by atoms with Crippen molar-refractivity contribution >= 4 is 5.97 Å². The summed E-state index contributed by atoms with van der Waals surface area (Å²) in [5.74, 6) is 4.84. The van der Waals surface area contributed by atoms with E-state index in [4.69, 9.17) is 4.74 Å². The van der Waals surface area contributed by atoms with Gasteiger partial charge in [-0.15, -0.1) is 0 Å². The molecule has 3 aliphatic carbocycles. The van der Waals surface area contributed by atoms with Crippen LogP contribution in [0.25, 0.3) is 0 Å². The summed E-state index contributed by atoms with van der Waals surface area (Å²) in [4.78, 5) is 12.7. The third-order valence-corrected chi connectivity index (χ3v) is 8.41. The van der Waals surface area contributed by atoms with Crippen LogP contribution in [0.1, 0.15) is 111 Å². The van der Waals surface area contributed by atoms with Gasteiger partial charge in [0.2, 0.25) is 0 Å². The van der Waals surface area contributed by atoms with Crippen LogP contribution in [0.4, 0.5) is 0 Å². The van der Waals surface area contributed by atoms with Crippen molar-refractivity contribution in [2.24, 2.45) is 35.5 Å². The fourth-order valence-electron chi connectivity index (χ4n) is 6.59. The molecule has 3 rings (SSSR count). The minimum absolute atomic E-state index is 0.134. The highest BCUT2D eigenvalue weighted by atomic mass is 16.5. The zero-order chi connectivity index (χ0) is 19.2. The van der Waals surface area contributed by atoms with Crippen molar-refractivity contribution in [1.82, 2.24) is 0 Å². The highest BCUT2D eigenvalue weighted by Crippen LogP contribution is 2.45. The first kappa shape index (κ1) is 21.2. The van der Waals surface area contributed by atoms with Gasteiger partial charge in [0.05, 0.1) is 5.92 Å². The van der Waals surface area contributed by atoms with E-state index in [1.54, 1.807) is 0 Å². The summed E-state index contributed by atoms with van der Waals surface area (Å²) in [7, 11) is 0. The van der Waals surface area contributed by atoms with E-state index in [1.807, 2.05) is 0 Å². The van der Waals surface area contributed by atoms with Crippen LogP contribution in [-0.4, -0.2) is 12.1 Å². The van der Waals surface area contributed by atoms with Gasteiger partial charge in [0.1, 0.15) is 6.10 Å². The third kappa shape index (κ3) is 5.73. The Morgan fingerprint density at radius 1 is 0.852 bits per heavy atom. The zero-order valence-electron chi connectivity index (χ0n) is 18.3. The van der Waals surface area contributed by atoms with Crippen molar-refractivity contribution in [3.63, 3.8) is 0 Å². The molecule has 27 heavy (non-hydrogen) atoms. The van der Waals surface area contributed by atoms with Gasteiger partial charge in [-0.3, -0.25) is 4.79 Å². The summed E-state index contributed by atoms with van der Waals surface area (Å²) in [6.45, 7) is 7.12. The number of carbonyl (C=O) groups is 1. The highest BCUT2D eigenvalue weighted by Gasteiger charge is 2.37. The van der Waals surface area contributed by atoms with E-state index in [-0.39, 0.29) is 18.0 Å². The van der Waals surface area contributed by atoms with Gasteiger partial charge >= 0.3 is 5.97 Å². The smallest absolute Gasteiger partial charge is 0.309 e. The summed E-state index contributed by atoms with van der Waals surface area (Å²) < 4.78 is 5.95. The molecule has 0 aromatic carbocycles. The van der Waals surface area contributed by atoms with E-state index >= 15 is 0 Å². The van der Waals surface area contributed by atoms with Crippen molar-refractivity contribution in [3.8, 4) is 0 Å². The first-order valence-corrected chi connectivity index (χ1v) is 12.3. The van der Waals surface area contributed by atoms with Crippen LogP contribution in [0.3, 0.4) is 0 Å². The molecule has 0 aromatic rings. The molecule has 0 aliphatic heterocycles. The number of hydrogen-bond donors (Lipinski definition) is 0. The standard InChI is InChI=1S/C25H44O2/c1-4-6-20-7-14-23(15-8-20)27-25(26)22-12-10-21(11-13-22)24-16-9-19(5-2)17-18(24)3/h18-24H,4-17H2,1-3H3/t18?,19?,20-,21-,22-,23-,24?. The lowest BCUT2D eigenvalue weighted by atomic mass is 9.64. The molecule has 0 heterocycles. The Morgan fingerprint density at radius 2 is 1.52 bits per heavy atom. The van der Waals surface area contributed by atoms with Crippen molar-refractivity contribution < 1.29 is 9.53 Å². The van der Waals surface area contributed by atoms with E-state index < -0.39 is 0 Å². The average Bonchev–Trinajstić information content (AvgIpc) is 2.69. The number of hydrogen-bond acceptors (Lipinski definition) is 2. The molecule has 0 spiro atoms. The minimum atomic E-state index is 0.134.